The van der Waals surface area contributed by atoms with Crippen molar-refractivity contribution in [2.45, 2.75) is 26.4 Å². The van der Waals surface area contributed by atoms with E-state index in [1.165, 1.54) is 15.7 Å². The summed E-state index contributed by atoms with van der Waals surface area (Å²) < 4.78 is 21.1. The molecular weight excluding hydrogens is 406 g/mol. The molecule has 0 saturated heterocycles. The predicted octanol–water partition coefficient (Wildman–Crippen LogP) is 0.472. The first-order valence-corrected chi connectivity index (χ1v) is 9.38. The van der Waals surface area contributed by atoms with Gasteiger partial charge in [-0.2, -0.15) is 0 Å². The summed E-state index contributed by atoms with van der Waals surface area (Å²) in [6.45, 7) is 6.14. The van der Waals surface area contributed by atoms with Crippen molar-refractivity contribution in [3.05, 3.63) is 23.6 Å². The van der Waals surface area contributed by atoms with E-state index in [4.69, 9.17) is 4.74 Å². The number of nitrogens with zero attached hydrogens (tertiary/aromatic N) is 2. The molecule has 10 heteroatoms. The molecule has 0 aromatic rings. The fourth-order valence-corrected chi connectivity index (χ4v) is 2.29. The van der Waals surface area contributed by atoms with E-state index in [0.29, 0.717) is 13.1 Å². The zero-order valence-electron chi connectivity index (χ0n) is 16.3. The molecule has 0 aliphatic carbocycles. The number of amides is 3. The number of halogens is 1. The van der Waals surface area contributed by atoms with Gasteiger partial charge in [0, 0.05) is 0 Å². The van der Waals surface area contributed by atoms with Crippen molar-refractivity contribution in [1.29, 1.82) is 0 Å². The molecule has 0 aromatic carbocycles. The van der Waals surface area contributed by atoms with Gasteiger partial charge in [-0.05, 0) is 20.8 Å². The first kappa shape index (κ1) is 23.8. The van der Waals surface area contributed by atoms with Gasteiger partial charge in [0.2, 0.25) is 0 Å². The summed E-state index contributed by atoms with van der Waals surface area (Å²) in [7, 11) is 1.59. The van der Waals surface area contributed by atoms with E-state index in [-0.39, 0.29) is 24.4 Å². The monoisotopic (exact) mass is 430 g/mol. The molecule has 153 valence electrons. The van der Waals surface area contributed by atoms with Crippen LogP contribution in [0.2, 0.25) is 0 Å². The van der Waals surface area contributed by atoms with Gasteiger partial charge >= 0.3 is 146 Å². The second-order valence-electron chi connectivity index (χ2n) is 6.81. The van der Waals surface area contributed by atoms with Crippen LogP contribution in [0.25, 0.3) is 0 Å². The van der Waals surface area contributed by atoms with E-state index in [9.17, 15) is 18.8 Å². The van der Waals surface area contributed by atoms with Crippen LogP contribution in [0.1, 0.15) is 20.8 Å². The van der Waals surface area contributed by atoms with Crippen molar-refractivity contribution in [2.24, 2.45) is 4.99 Å². The van der Waals surface area contributed by atoms with Crippen LogP contribution in [-0.4, -0.2) is 72.1 Å². The van der Waals surface area contributed by atoms with Crippen LogP contribution in [0.4, 0.5) is 9.18 Å². The predicted molar refractivity (Wildman–Crippen MR) is 99.2 cm³/mol. The molecule has 1 rings (SSSR count). The summed E-state index contributed by atoms with van der Waals surface area (Å²) in [5, 5.41) is 4.86. The Bertz CT molecular complexity index is 726. The third kappa shape index (κ3) is 8.18. The zero-order valence-corrected chi connectivity index (χ0v) is 17.7. The number of likely N-dealkylation sites (N-methyl/N-ethyl adjacent to an activating group) is 1. The minimum atomic E-state index is -0.998. The summed E-state index contributed by atoms with van der Waals surface area (Å²) in [6.07, 6.45) is 2.76. The van der Waals surface area contributed by atoms with Crippen LogP contribution >= 0.6 is 0 Å². The van der Waals surface area contributed by atoms with Gasteiger partial charge in [-0.25, -0.2) is 0 Å². The first-order chi connectivity index (χ1) is 13.0. The third-order valence-electron chi connectivity index (χ3n) is 3.29. The average molecular weight is 430 g/mol. The Morgan fingerprint density at radius 3 is 2.61 bits per heavy atom. The van der Waals surface area contributed by atoms with Gasteiger partial charge in [0.15, 0.2) is 0 Å². The van der Waals surface area contributed by atoms with Crippen LogP contribution < -0.4 is 10.6 Å². The van der Waals surface area contributed by atoms with E-state index in [0.717, 1.165) is 0 Å². The molecule has 0 bridgehead atoms. The van der Waals surface area contributed by atoms with E-state index in [2.05, 4.69) is 32.6 Å². The van der Waals surface area contributed by atoms with Crippen LogP contribution in [0.15, 0.2) is 22.5 Å². The normalized spacial score (nSPS) is 15.6. The van der Waals surface area contributed by atoms with Gasteiger partial charge in [0.25, 0.3) is 0 Å². The van der Waals surface area contributed by atoms with Gasteiger partial charge < -0.3 is 0 Å². The van der Waals surface area contributed by atoms with Gasteiger partial charge in [-0.1, -0.05) is 0 Å². The molecule has 0 radical (unpaired) electrons. The Balaban J connectivity index is 2.64. The molecule has 1 aliphatic heterocycles. The van der Waals surface area contributed by atoms with Crippen molar-refractivity contribution >= 4 is 28.3 Å². The first-order valence-electron chi connectivity index (χ1n) is 8.57. The fourth-order valence-electron chi connectivity index (χ4n) is 2.06. The molecule has 0 spiro atoms. The van der Waals surface area contributed by atoms with E-state index in [1.807, 2.05) is 6.08 Å². The van der Waals surface area contributed by atoms with E-state index in [1.54, 1.807) is 27.8 Å². The molecule has 1 aliphatic rings. The number of hydrogen-bond acceptors (Lipinski definition) is 5. The number of carbonyl (C=O) groups excluding carboxylic acids is 3. The molecule has 0 unspecified atom stereocenters. The third-order valence-corrected chi connectivity index (χ3v) is 3.52. The summed E-state index contributed by atoms with van der Waals surface area (Å²) >= 11 is 2.12. The number of hydrogen-bond donors (Lipinski definition) is 2. The second-order valence-corrected chi connectivity index (χ2v) is 7.28. The second kappa shape index (κ2) is 10.9. The molecular formula is C18H24FN4O4V-. The van der Waals surface area contributed by atoms with Crippen molar-refractivity contribution in [3.8, 4) is 0 Å². The molecule has 0 atom stereocenters. The van der Waals surface area contributed by atoms with Gasteiger partial charge in [0.05, 0.1) is 0 Å². The van der Waals surface area contributed by atoms with Crippen molar-refractivity contribution < 1.29 is 40.5 Å². The number of carbonyl (C=O) groups is 3. The van der Waals surface area contributed by atoms with Crippen LogP contribution in [0.3, 0.4) is 0 Å². The summed E-state index contributed by atoms with van der Waals surface area (Å²) in [5.41, 5.74) is -0.794. The maximum absolute atomic E-state index is 14.5. The molecule has 2 N–H and O–H groups in total. The summed E-state index contributed by atoms with van der Waals surface area (Å²) in [6, 6.07) is 0. The Morgan fingerprint density at radius 1 is 1.36 bits per heavy atom. The van der Waals surface area contributed by atoms with Crippen LogP contribution in [-0.2, 0) is 31.3 Å². The molecule has 0 fully saturated rings. The van der Waals surface area contributed by atoms with Crippen LogP contribution in [0.5, 0.6) is 0 Å². The van der Waals surface area contributed by atoms with Gasteiger partial charge in [-0.15, -0.1) is 0 Å². The van der Waals surface area contributed by atoms with Gasteiger partial charge in [-0.3, -0.25) is 0 Å². The number of rotatable bonds is 7. The minimum absolute atomic E-state index is 0.0524. The van der Waals surface area contributed by atoms with Crippen molar-refractivity contribution in [3.63, 3.8) is 0 Å². The molecule has 1 heterocycles. The summed E-state index contributed by atoms with van der Waals surface area (Å²) in [4.78, 5) is 41.0. The molecule has 0 saturated carbocycles. The molecule has 3 amide bonds. The fraction of sp³-hybridized carbons (Fsp3) is 0.500. The van der Waals surface area contributed by atoms with E-state index >= 15 is 0 Å². The number of nitrogens with one attached hydrogen (secondary N) is 2. The molecule has 0 aromatic heterocycles. The topological polar surface area (TPSA) is 100 Å². The Morgan fingerprint density at radius 2 is 2.00 bits per heavy atom. The maximum atomic E-state index is 14.5. The Labute approximate surface area is 172 Å². The number of aliphatic imine (C=N–C) groups is 1. The quantitative estimate of drug-likeness (QED) is 0.266. The van der Waals surface area contributed by atoms with E-state index < -0.39 is 29.3 Å². The number of alkyl carbamates (subject to hydrolysis) is 1. The Hall–Kier alpha value is -2.26. The zero-order chi connectivity index (χ0) is 21.3. The van der Waals surface area contributed by atoms with Crippen molar-refractivity contribution in [1.82, 2.24) is 15.5 Å². The van der Waals surface area contributed by atoms with Crippen LogP contribution in [0, 0.1) is 6.08 Å². The average Bonchev–Trinajstić information content (AvgIpc) is 2.58. The SMILES string of the molecule is CN1CCN=C(/C(=C/[CH]=[V])C(F)=[C-]C(=O)NCCNC(=O)OC(C)(C)C)C1=O. The molecule has 8 nitrogen and oxygen atoms in total. The standard InChI is InChI=1S/C18H24FN4O4.V/c1-6-12(15-16(25)23(5)10-9-21-15)13(19)11-14(24)20-7-8-22-17(26)27-18(2,3)4;/h1,6H,7-10H2,2-5H3,(H,20,24)(H,22,26);/q-1;/b12-6+;. The summed E-state index contributed by atoms with van der Waals surface area (Å²) in [5.74, 6) is -2.25. The van der Waals surface area contributed by atoms with Crippen molar-refractivity contribution in [2.75, 3.05) is 33.2 Å². The Kier molecular flexibility index (Phi) is 9.27. The number of allylic oxidation sites excluding steroid dienone is 2. The van der Waals surface area contributed by atoms with Gasteiger partial charge in [0.1, 0.15) is 5.60 Å². The molecule has 28 heavy (non-hydrogen) atoms. The number of ether oxygens (including phenoxy) is 1.